The predicted molar refractivity (Wildman–Crippen MR) is 88.8 cm³/mol. The molecule has 2 bridgehead atoms. The summed E-state index contributed by atoms with van der Waals surface area (Å²) in [7, 11) is 0. The van der Waals surface area contributed by atoms with E-state index < -0.39 is 0 Å². The lowest BCUT2D eigenvalue weighted by atomic mass is 9.84. The summed E-state index contributed by atoms with van der Waals surface area (Å²) in [6.45, 7) is 2.15. The minimum absolute atomic E-state index is 0.0601. The molecule has 22 heavy (non-hydrogen) atoms. The van der Waals surface area contributed by atoms with Crippen LogP contribution in [0.3, 0.4) is 0 Å². The maximum atomic E-state index is 12.1. The average Bonchev–Trinajstić information content (AvgIpc) is 3.22. The molecule has 0 radical (unpaired) electrons. The van der Waals surface area contributed by atoms with Gasteiger partial charge in [-0.15, -0.1) is 10.2 Å². The Morgan fingerprint density at radius 1 is 1.41 bits per heavy atom. The summed E-state index contributed by atoms with van der Waals surface area (Å²) >= 11 is 2.95. The smallest absolute Gasteiger partial charge is 0.277 e. The van der Waals surface area contributed by atoms with Crippen LogP contribution in [-0.2, 0) is 10.5 Å². The lowest BCUT2D eigenvalue weighted by Crippen LogP contribution is -2.40. The average molecular weight is 342 g/mol. The van der Waals surface area contributed by atoms with Crippen molar-refractivity contribution in [2.45, 2.75) is 49.6 Å². The zero-order valence-electron chi connectivity index (χ0n) is 13.1. The Labute approximate surface area is 139 Å². The first kappa shape index (κ1) is 16.2. The Morgan fingerprint density at radius 2 is 2.27 bits per heavy atom. The van der Waals surface area contributed by atoms with Gasteiger partial charge in [0.1, 0.15) is 0 Å². The van der Waals surface area contributed by atoms with E-state index in [1.807, 2.05) is 6.26 Å². The van der Waals surface area contributed by atoms with E-state index in [2.05, 4.69) is 22.4 Å². The highest BCUT2D eigenvalue weighted by Crippen LogP contribution is 2.49. The monoisotopic (exact) mass is 341 g/mol. The Balaban J connectivity index is 1.42. The fraction of sp³-hybridized carbons (Fsp3) is 0.800. The van der Waals surface area contributed by atoms with Gasteiger partial charge in [0.2, 0.25) is 11.8 Å². The van der Waals surface area contributed by atoms with Gasteiger partial charge in [-0.05, 0) is 50.2 Å². The van der Waals surface area contributed by atoms with Crippen LogP contribution in [0.2, 0.25) is 0 Å². The Hall–Kier alpha value is -0.690. The molecule has 122 valence electrons. The first-order chi connectivity index (χ1) is 10.7. The number of hydrogen-bond acceptors (Lipinski definition) is 6. The molecule has 1 aromatic rings. The number of amides is 1. The van der Waals surface area contributed by atoms with Crippen LogP contribution >= 0.6 is 23.5 Å². The quantitative estimate of drug-likeness (QED) is 0.769. The number of carbonyl (C=O) groups is 1. The van der Waals surface area contributed by atoms with Gasteiger partial charge in [0, 0.05) is 6.04 Å². The van der Waals surface area contributed by atoms with Gasteiger partial charge in [0.25, 0.3) is 5.22 Å². The lowest BCUT2D eigenvalue weighted by Gasteiger charge is -2.28. The van der Waals surface area contributed by atoms with E-state index in [9.17, 15) is 4.79 Å². The van der Waals surface area contributed by atoms with Crippen LogP contribution in [0.4, 0.5) is 0 Å². The van der Waals surface area contributed by atoms with Gasteiger partial charge in [-0.3, -0.25) is 4.79 Å². The highest BCUT2D eigenvalue weighted by atomic mass is 32.2. The van der Waals surface area contributed by atoms with Crippen molar-refractivity contribution in [1.29, 1.82) is 0 Å². The molecule has 2 aliphatic carbocycles. The molecular formula is C15H23N3O2S2. The van der Waals surface area contributed by atoms with E-state index in [-0.39, 0.29) is 11.9 Å². The molecule has 1 aromatic heterocycles. The number of rotatable bonds is 7. The second-order valence-corrected chi connectivity index (χ2v) is 8.17. The number of aromatic nitrogens is 2. The van der Waals surface area contributed by atoms with Gasteiger partial charge in [-0.25, -0.2) is 0 Å². The van der Waals surface area contributed by atoms with Crippen LogP contribution in [0.5, 0.6) is 0 Å². The van der Waals surface area contributed by atoms with Crippen LogP contribution in [0.25, 0.3) is 0 Å². The van der Waals surface area contributed by atoms with Crippen LogP contribution in [0, 0.1) is 17.8 Å². The summed E-state index contributed by atoms with van der Waals surface area (Å²) in [6.07, 6.45) is 7.40. The number of nitrogens with zero attached hydrogens (tertiary/aromatic N) is 2. The van der Waals surface area contributed by atoms with Gasteiger partial charge in [0.05, 0.1) is 11.5 Å². The molecule has 4 atom stereocenters. The van der Waals surface area contributed by atoms with E-state index in [1.165, 1.54) is 37.4 Å². The number of carbonyl (C=O) groups excluding carboxylic acids is 1. The van der Waals surface area contributed by atoms with Crippen LogP contribution in [0.1, 0.15) is 38.5 Å². The van der Waals surface area contributed by atoms with Crippen LogP contribution in [-0.4, -0.2) is 34.2 Å². The molecule has 5 nitrogen and oxygen atoms in total. The summed E-state index contributed by atoms with van der Waals surface area (Å²) in [6, 6.07) is 0.276. The molecule has 0 unspecified atom stereocenters. The molecule has 3 rings (SSSR count). The molecule has 0 spiro atoms. The van der Waals surface area contributed by atoms with Gasteiger partial charge in [-0.2, -0.15) is 11.8 Å². The molecule has 1 heterocycles. The molecular weight excluding hydrogens is 318 g/mol. The number of hydrogen-bond donors (Lipinski definition) is 1. The molecule has 1 N–H and O–H groups in total. The molecule has 2 fully saturated rings. The zero-order valence-corrected chi connectivity index (χ0v) is 14.7. The van der Waals surface area contributed by atoms with Crippen LogP contribution in [0.15, 0.2) is 9.64 Å². The second kappa shape index (κ2) is 7.25. The molecule has 0 aromatic carbocycles. The summed E-state index contributed by atoms with van der Waals surface area (Å²) in [5.41, 5.74) is 0. The fourth-order valence-corrected chi connectivity index (χ4v) is 4.87. The third-order valence-electron chi connectivity index (χ3n) is 4.87. The summed E-state index contributed by atoms with van der Waals surface area (Å²) in [5.74, 6) is 4.14. The largest absolute Gasteiger partial charge is 0.415 e. The van der Waals surface area contributed by atoms with Gasteiger partial charge < -0.3 is 9.73 Å². The van der Waals surface area contributed by atoms with E-state index >= 15 is 0 Å². The molecule has 2 aliphatic rings. The van der Waals surface area contributed by atoms with Crippen molar-refractivity contribution in [3.05, 3.63) is 5.89 Å². The molecule has 7 heteroatoms. The molecule has 0 saturated heterocycles. The first-order valence-electron chi connectivity index (χ1n) is 7.89. The highest BCUT2D eigenvalue weighted by Gasteiger charge is 2.42. The number of thioether (sulfide) groups is 2. The van der Waals surface area contributed by atoms with Crippen molar-refractivity contribution in [2.24, 2.45) is 17.8 Å². The maximum Gasteiger partial charge on any atom is 0.277 e. The topological polar surface area (TPSA) is 68.0 Å². The summed E-state index contributed by atoms with van der Waals surface area (Å²) in [4.78, 5) is 12.1. The zero-order chi connectivity index (χ0) is 15.5. The predicted octanol–water partition coefficient (Wildman–Crippen LogP) is 2.97. The van der Waals surface area contributed by atoms with Gasteiger partial charge >= 0.3 is 0 Å². The van der Waals surface area contributed by atoms with Gasteiger partial charge in [-0.1, -0.05) is 18.2 Å². The summed E-state index contributed by atoms with van der Waals surface area (Å²) < 4.78 is 5.46. The van der Waals surface area contributed by atoms with E-state index in [0.29, 0.717) is 28.5 Å². The van der Waals surface area contributed by atoms with Crippen molar-refractivity contribution < 1.29 is 9.21 Å². The van der Waals surface area contributed by atoms with E-state index in [4.69, 9.17) is 4.42 Å². The Kier molecular flexibility index (Phi) is 5.33. The summed E-state index contributed by atoms with van der Waals surface area (Å²) in [5, 5.41) is 11.5. The fourth-order valence-electron chi connectivity index (χ4n) is 3.91. The van der Waals surface area contributed by atoms with E-state index in [0.717, 1.165) is 11.8 Å². The van der Waals surface area contributed by atoms with Crippen molar-refractivity contribution in [1.82, 2.24) is 15.5 Å². The number of fused-ring (bicyclic) bond motifs is 2. The first-order valence-corrected chi connectivity index (χ1v) is 10.3. The third kappa shape index (κ3) is 3.79. The van der Waals surface area contributed by atoms with Crippen molar-refractivity contribution in [3.8, 4) is 0 Å². The standard InChI is InChI=1S/C15H23N3O2S2/c1-9(12-6-10-3-4-11(12)5-10)16-13(19)7-22-15-18-17-14(20-15)8-21-2/h9-12H,3-8H2,1-2H3,(H,16,19)/t9-,10-,11-,12-/m0/s1. The lowest BCUT2D eigenvalue weighted by molar-refractivity contribution is -0.119. The highest BCUT2D eigenvalue weighted by molar-refractivity contribution is 7.99. The van der Waals surface area contributed by atoms with Crippen LogP contribution < -0.4 is 5.32 Å². The molecule has 1 amide bonds. The minimum Gasteiger partial charge on any atom is -0.415 e. The Bertz CT molecular complexity index is 523. The normalized spacial score (nSPS) is 28.0. The van der Waals surface area contributed by atoms with Crippen molar-refractivity contribution in [3.63, 3.8) is 0 Å². The number of nitrogens with one attached hydrogen (secondary N) is 1. The third-order valence-corrected chi connectivity index (χ3v) is 6.22. The maximum absolute atomic E-state index is 12.1. The van der Waals surface area contributed by atoms with Gasteiger partial charge in [0.15, 0.2) is 0 Å². The molecule has 0 aliphatic heterocycles. The molecule has 2 saturated carbocycles. The SMILES string of the molecule is CSCc1nnc(SCC(=O)N[C@@H](C)[C@@H]2C[C@H]3CC[C@H]2C3)o1. The van der Waals surface area contributed by atoms with E-state index in [1.54, 1.807) is 11.8 Å². The van der Waals surface area contributed by atoms with Crippen molar-refractivity contribution >= 4 is 29.4 Å². The van der Waals surface area contributed by atoms with Crippen molar-refractivity contribution in [2.75, 3.05) is 12.0 Å². The minimum atomic E-state index is 0.0601. The Morgan fingerprint density at radius 3 is 2.95 bits per heavy atom. The second-order valence-electron chi connectivity index (χ2n) is 6.38.